The first-order valence-electron chi connectivity index (χ1n) is 6.02. The second-order valence-corrected chi connectivity index (χ2v) is 4.10. The summed E-state index contributed by atoms with van der Waals surface area (Å²) in [4.78, 5) is 0. The van der Waals surface area contributed by atoms with Crippen LogP contribution in [0.4, 0.5) is 0 Å². The standard InChI is InChI=1S/C16H17O/c1-3-11-17-15-9-10-16(13(2)12-15)14-7-5-4-6-8-14/h4-7,9-10,12H,3,11H2,1-2H3. The van der Waals surface area contributed by atoms with Gasteiger partial charge >= 0.3 is 0 Å². The molecule has 17 heavy (non-hydrogen) atoms. The highest BCUT2D eigenvalue weighted by Gasteiger charge is 2.03. The molecule has 0 amide bonds. The molecule has 0 heterocycles. The average molecular weight is 225 g/mol. The highest BCUT2D eigenvalue weighted by Crippen LogP contribution is 2.26. The van der Waals surface area contributed by atoms with Crippen molar-refractivity contribution in [1.82, 2.24) is 0 Å². The summed E-state index contributed by atoms with van der Waals surface area (Å²) < 4.78 is 5.62. The van der Waals surface area contributed by atoms with Crippen LogP contribution in [0.3, 0.4) is 0 Å². The van der Waals surface area contributed by atoms with Gasteiger partial charge in [-0.2, -0.15) is 0 Å². The molecule has 2 rings (SSSR count). The third-order valence-electron chi connectivity index (χ3n) is 2.67. The Kier molecular flexibility index (Phi) is 3.81. The lowest BCUT2D eigenvalue weighted by Gasteiger charge is -2.09. The van der Waals surface area contributed by atoms with Gasteiger partial charge in [0, 0.05) is 0 Å². The summed E-state index contributed by atoms with van der Waals surface area (Å²) in [6, 6.07) is 17.5. The van der Waals surface area contributed by atoms with Crippen LogP contribution in [0, 0.1) is 13.0 Å². The minimum atomic E-state index is 0.774. The second kappa shape index (κ2) is 5.53. The van der Waals surface area contributed by atoms with Crippen LogP contribution >= 0.6 is 0 Å². The zero-order chi connectivity index (χ0) is 12.1. The van der Waals surface area contributed by atoms with Crippen molar-refractivity contribution in [3.63, 3.8) is 0 Å². The van der Waals surface area contributed by atoms with Crippen LogP contribution in [0.5, 0.6) is 5.75 Å². The third kappa shape index (κ3) is 2.88. The smallest absolute Gasteiger partial charge is 0.119 e. The summed E-state index contributed by atoms with van der Waals surface area (Å²) in [5.74, 6) is 0.948. The summed E-state index contributed by atoms with van der Waals surface area (Å²) in [5.41, 5.74) is 3.57. The Balaban J connectivity index is 2.26. The molecule has 0 aliphatic rings. The Morgan fingerprint density at radius 3 is 2.71 bits per heavy atom. The monoisotopic (exact) mass is 225 g/mol. The van der Waals surface area contributed by atoms with Gasteiger partial charge in [-0.25, -0.2) is 0 Å². The van der Waals surface area contributed by atoms with Gasteiger partial charge in [0.25, 0.3) is 0 Å². The van der Waals surface area contributed by atoms with E-state index >= 15 is 0 Å². The maximum absolute atomic E-state index is 5.62. The Hall–Kier alpha value is -1.76. The molecule has 2 aromatic carbocycles. The molecule has 0 unspecified atom stereocenters. The van der Waals surface area contributed by atoms with Crippen LogP contribution in [0.15, 0.2) is 42.5 Å². The number of aryl methyl sites for hydroxylation is 1. The number of hydrogen-bond donors (Lipinski definition) is 0. The maximum atomic E-state index is 5.62. The molecule has 0 N–H and O–H groups in total. The van der Waals surface area contributed by atoms with E-state index in [2.05, 4.69) is 38.1 Å². The molecule has 0 saturated heterocycles. The fourth-order valence-corrected chi connectivity index (χ4v) is 1.81. The quantitative estimate of drug-likeness (QED) is 0.755. The van der Waals surface area contributed by atoms with E-state index in [4.69, 9.17) is 4.74 Å². The first kappa shape index (κ1) is 11.7. The van der Waals surface area contributed by atoms with Gasteiger partial charge in [0.1, 0.15) is 5.75 Å². The first-order chi connectivity index (χ1) is 8.31. The van der Waals surface area contributed by atoms with Crippen molar-refractivity contribution in [2.75, 3.05) is 6.61 Å². The van der Waals surface area contributed by atoms with E-state index in [0.717, 1.165) is 24.3 Å². The van der Waals surface area contributed by atoms with Gasteiger partial charge in [0.15, 0.2) is 0 Å². The Morgan fingerprint density at radius 2 is 2.06 bits per heavy atom. The van der Waals surface area contributed by atoms with Crippen LogP contribution in [-0.4, -0.2) is 6.61 Å². The minimum Gasteiger partial charge on any atom is -0.494 e. The largest absolute Gasteiger partial charge is 0.494 e. The molecular weight excluding hydrogens is 208 g/mol. The van der Waals surface area contributed by atoms with E-state index in [-0.39, 0.29) is 0 Å². The van der Waals surface area contributed by atoms with E-state index in [1.807, 2.05) is 24.3 Å². The lowest BCUT2D eigenvalue weighted by atomic mass is 10.0. The molecule has 1 nitrogen and oxygen atoms in total. The number of ether oxygens (including phenoxy) is 1. The van der Waals surface area contributed by atoms with E-state index in [9.17, 15) is 0 Å². The van der Waals surface area contributed by atoms with Crippen molar-refractivity contribution in [2.45, 2.75) is 20.3 Å². The molecule has 87 valence electrons. The normalized spacial score (nSPS) is 10.2. The van der Waals surface area contributed by atoms with Crippen molar-refractivity contribution in [2.24, 2.45) is 0 Å². The van der Waals surface area contributed by atoms with Crippen LogP contribution < -0.4 is 4.74 Å². The summed E-state index contributed by atoms with van der Waals surface area (Å²) in [6.07, 6.45) is 1.03. The number of hydrogen-bond acceptors (Lipinski definition) is 1. The SMILES string of the molecule is CCCOc1ccc(-c2[c]cccc2)c(C)c1. The van der Waals surface area contributed by atoms with Crippen molar-refractivity contribution < 1.29 is 4.74 Å². The van der Waals surface area contributed by atoms with Gasteiger partial charge in [-0.05, 0) is 48.2 Å². The Bertz CT molecular complexity index is 474. The molecule has 0 atom stereocenters. The molecule has 0 aliphatic heterocycles. The van der Waals surface area contributed by atoms with Crippen molar-refractivity contribution in [3.05, 3.63) is 54.1 Å². The highest BCUT2D eigenvalue weighted by molar-refractivity contribution is 5.67. The van der Waals surface area contributed by atoms with Gasteiger partial charge in [0.2, 0.25) is 0 Å². The van der Waals surface area contributed by atoms with E-state index < -0.39 is 0 Å². The van der Waals surface area contributed by atoms with Crippen LogP contribution in [0.25, 0.3) is 11.1 Å². The van der Waals surface area contributed by atoms with Crippen molar-refractivity contribution >= 4 is 0 Å². The van der Waals surface area contributed by atoms with Gasteiger partial charge in [-0.3, -0.25) is 0 Å². The van der Waals surface area contributed by atoms with Gasteiger partial charge < -0.3 is 4.74 Å². The van der Waals surface area contributed by atoms with Crippen molar-refractivity contribution in [3.8, 4) is 16.9 Å². The van der Waals surface area contributed by atoms with Gasteiger partial charge in [-0.15, -0.1) is 0 Å². The topological polar surface area (TPSA) is 9.23 Å². The third-order valence-corrected chi connectivity index (χ3v) is 2.67. The average Bonchev–Trinajstić information content (AvgIpc) is 2.37. The molecule has 0 bridgehead atoms. The van der Waals surface area contributed by atoms with E-state index in [1.165, 1.54) is 11.1 Å². The fraction of sp³-hybridized carbons (Fsp3) is 0.250. The van der Waals surface area contributed by atoms with Crippen molar-refractivity contribution in [1.29, 1.82) is 0 Å². The number of rotatable bonds is 4. The maximum Gasteiger partial charge on any atom is 0.119 e. The van der Waals surface area contributed by atoms with Gasteiger partial charge in [0.05, 0.1) is 6.61 Å². The molecule has 0 fully saturated rings. The molecule has 2 aromatic rings. The minimum absolute atomic E-state index is 0.774. The highest BCUT2D eigenvalue weighted by atomic mass is 16.5. The zero-order valence-corrected chi connectivity index (χ0v) is 10.4. The lowest BCUT2D eigenvalue weighted by molar-refractivity contribution is 0.317. The van der Waals surface area contributed by atoms with E-state index in [1.54, 1.807) is 0 Å². The van der Waals surface area contributed by atoms with Crippen LogP contribution in [-0.2, 0) is 0 Å². The molecule has 1 heteroatoms. The molecule has 0 aliphatic carbocycles. The summed E-state index contributed by atoms with van der Waals surface area (Å²) in [7, 11) is 0. The molecule has 0 spiro atoms. The molecule has 0 saturated carbocycles. The van der Waals surface area contributed by atoms with Crippen LogP contribution in [0.1, 0.15) is 18.9 Å². The Morgan fingerprint density at radius 1 is 1.18 bits per heavy atom. The van der Waals surface area contributed by atoms with Gasteiger partial charge in [-0.1, -0.05) is 37.3 Å². The summed E-state index contributed by atoms with van der Waals surface area (Å²) in [6.45, 7) is 4.99. The summed E-state index contributed by atoms with van der Waals surface area (Å²) in [5, 5.41) is 0. The lowest BCUT2D eigenvalue weighted by Crippen LogP contribution is -1.95. The zero-order valence-electron chi connectivity index (χ0n) is 10.4. The molecular formula is C16H17O. The predicted octanol–water partition coefficient (Wildman–Crippen LogP) is 4.25. The Labute approximate surface area is 103 Å². The van der Waals surface area contributed by atoms with Crippen LogP contribution in [0.2, 0.25) is 0 Å². The molecule has 0 aromatic heterocycles. The number of benzene rings is 2. The summed E-state index contributed by atoms with van der Waals surface area (Å²) >= 11 is 0. The first-order valence-corrected chi connectivity index (χ1v) is 6.02. The fourth-order valence-electron chi connectivity index (χ4n) is 1.81. The molecule has 1 radical (unpaired) electrons. The van der Waals surface area contributed by atoms with E-state index in [0.29, 0.717) is 0 Å². The predicted molar refractivity (Wildman–Crippen MR) is 71.2 cm³/mol. The second-order valence-electron chi connectivity index (χ2n) is 4.10.